The molecule has 0 saturated heterocycles. The maximum absolute atomic E-state index is 4.01. The molecule has 94 valence electrons. The first-order valence-electron chi connectivity index (χ1n) is 6.40. The molecule has 1 fully saturated rings. The lowest BCUT2D eigenvalue weighted by molar-refractivity contribution is 0.815. The summed E-state index contributed by atoms with van der Waals surface area (Å²) in [6, 6.07) is 13.3. The normalized spacial score (nSPS) is 21.1. The molecule has 1 unspecified atom stereocenters. The van der Waals surface area contributed by atoms with E-state index in [9.17, 15) is 0 Å². The summed E-state index contributed by atoms with van der Waals surface area (Å²) in [6.07, 6.45) is 3.30. The van der Waals surface area contributed by atoms with Gasteiger partial charge in [-0.2, -0.15) is 0 Å². The van der Waals surface area contributed by atoms with E-state index in [0.717, 1.165) is 8.95 Å². The lowest BCUT2D eigenvalue weighted by Crippen LogP contribution is -2.07. The molecule has 0 bridgehead atoms. The highest BCUT2D eigenvalue weighted by Gasteiger charge is 2.59. The first-order valence-corrected chi connectivity index (χ1v) is 7.98. The van der Waals surface area contributed by atoms with Crippen molar-refractivity contribution in [2.75, 3.05) is 0 Å². The van der Waals surface area contributed by atoms with Crippen LogP contribution in [0.2, 0.25) is 0 Å². The number of halogens is 2. The molecular formula is C17H12Br2. The number of fused-ring (bicyclic) bond motifs is 5. The number of allylic oxidation sites excluding steroid dienone is 1. The summed E-state index contributed by atoms with van der Waals surface area (Å²) in [4.78, 5) is 0. The quantitative estimate of drug-likeness (QED) is 0.562. The highest BCUT2D eigenvalue weighted by molar-refractivity contribution is 9.10. The molecule has 2 aromatic carbocycles. The highest BCUT2D eigenvalue weighted by atomic mass is 79.9. The minimum atomic E-state index is 0.181. The molecule has 0 amide bonds. The van der Waals surface area contributed by atoms with Crippen LogP contribution in [0.25, 0.3) is 11.1 Å². The topological polar surface area (TPSA) is 0 Å². The molecule has 0 radical (unpaired) electrons. The van der Waals surface area contributed by atoms with E-state index in [-0.39, 0.29) is 5.41 Å². The number of hydrogen-bond donors (Lipinski definition) is 0. The van der Waals surface area contributed by atoms with E-state index in [1.165, 1.54) is 28.7 Å². The molecule has 1 spiro atoms. The first kappa shape index (κ1) is 11.9. The van der Waals surface area contributed by atoms with Gasteiger partial charge in [0.15, 0.2) is 0 Å². The van der Waals surface area contributed by atoms with Crippen LogP contribution in [-0.4, -0.2) is 0 Å². The van der Waals surface area contributed by atoms with Crippen molar-refractivity contribution in [2.45, 2.75) is 11.8 Å². The summed E-state index contributed by atoms with van der Waals surface area (Å²) in [5, 5.41) is 0. The average Bonchev–Trinajstić information content (AvgIpc) is 3.08. The Morgan fingerprint density at radius 3 is 1.95 bits per heavy atom. The van der Waals surface area contributed by atoms with Crippen LogP contribution in [0.1, 0.15) is 17.5 Å². The summed E-state index contributed by atoms with van der Waals surface area (Å²) < 4.78 is 2.32. The number of benzene rings is 2. The monoisotopic (exact) mass is 374 g/mol. The fraction of sp³-hybridized carbons (Fsp3) is 0.176. The molecule has 0 nitrogen and oxygen atoms in total. The zero-order chi connectivity index (χ0) is 13.2. The average molecular weight is 376 g/mol. The Balaban J connectivity index is 2.06. The third-order valence-electron chi connectivity index (χ3n) is 4.51. The van der Waals surface area contributed by atoms with Crippen LogP contribution < -0.4 is 0 Å². The van der Waals surface area contributed by atoms with Crippen molar-refractivity contribution in [3.8, 4) is 11.1 Å². The van der Waals surface area contributed by atoms with Crippen molar-refractivity contribution in [3.05, 3.63) is 69.1 Å². The Morgan fingerprint density at radius 1 is 1.00 bits per heavy atom. The van der Waals surface area contributed by atoms with E-state index in [0.29, 0.717) is 5.92 Å². The molecule has 0 heterocycles. The molecule has 2 heteroatoms. The Kier molecular flexibility index (Phi) is 2.40. The standard InChI is InChI=1S/C17H12Br2/c1-2-10-9-17(10)15-7-11(18)3-5-13(15)14-6-4-12(19)8-16(14)17/h2-8,10H,1,9H2. The van der Waals surface area contributed by atoms with E-state index >= 15 is 0 Å². The summed E-state index contributed by atoms with van der Waals surface area (Å²) in [5.41, 5.74) is 5.87. The number of hydrogen-bond acceptors (Lipinski definition) is 0. The predicted molar refractivity (Wildman–Crippen MR) is 86.4 cm³/mol. The molecule has 2 aliphatic rings. The van der Waals surface area contributed by atoms with Crippen LogP contribution in [0.4, 0.5) is 0 Å². The summed E-state index contributed by atoms with van der Waals surface area (Å²) in [5.74, 6) is 0.566. The Hall–Kier alpha value is -0.860. The van der Waals surface area contributed by atoms with Gasteiger partial charge in [-0.25, -0.2) is 0 Å². The summed E-state index contributed by atoms with van der Waals surface area (Å²) in [6.45, 7) is 4.01. The molecule has 19 heavy (non-hydrogen) atoms. The predicted octanol–water partition coefficient (Wildman–Crippen LogP) is 5.68. The molecule has 2 aromatic rings. The largest absolute Gasteiger partial charge is 0.103 e. The Labute approximate surface area is 129 Å². The second-order valence-corrected chi connectivity index (χ2v) is 7.23. The molecule has 0 N–H and O–H groups in total. The SMILES string of the molecule is C=CC1CC12c1cc(Br)ccc1-c1ccc(Br)cc12. The maximum Gasteiger partial charge on any atom is 0.0284 e. The van der Waals surface area contributed by atoms with E-state index in [1.807, 2.05) is 0 Å². The van der Waals surface area contributed by atoms with Crippen molar-refractivity contribution < 1.29 is 0 Å². The third-order valence-corrected chi connectivity index (χ3v) is 5.50. The van der Waals surface area contributed by atoms with Crippen molar-refractivity contribution in [1.82, 2.24) is 0 Å². The minimum Gasteiger partial charge on any atom is -0.103 e. The molecule has 1 saturated carbocycles. The van der Waals surface area contributed by atoms with Crippen molar-refractivity contribution >= 4 is 31.9 Å². The van der Waals surface area contributed by atoms with E-state index in [1.54, 1.807) is 0 Å². The van der Waals surface area contributed by atoms with Crippen LogP contribution in [0.3, 0.4) is 0 Å². The second-order valence-electron chi connectivity index (χ2n) is 5.40. The van der Waals surface area contributed by atoms with Crippen molar-refractivity contribution in [1.29, 1.82) is 0 Å². The van der Waals surface area contributed by atoms with Gasteiger partial charge in [-0.15, -0.1) is 6.58 Å². The zero-order valence-electron chi connectivity index (χ0n) is 10.3. The minimum absolute atomic E-state index is 0.181. The van der Waals surface area contributed by atoms with Crippen molar-refractivity contribution in [2.24, 2.45) is 5.92 Å². The third kappa shape index (κ3) is 1.45. The smallest absolute Gasteiger partial charge is 0.0284 e. The van der Waals surface area contributed by atoms with Gasteiger partial charge in [0.05, 0.1) is 0 Å². The van der Waals surface area contributed by atoms with Crippen LogP contribution in [-0.2, 0) is 5.41 Å². The fourth-order valence-electron chi connectivity index (χ4n) is 3.58. The molecular weight excluding hydrogens is 364 g/mol. The number of rotatable bonds is 1. The van der Waals surface area contributed by atoms with Gasteiger partial charge < -0.3 is 0 Å². The zero-order valence-corrected chi connectivity index (χ0v) is 13.5. The van der Waals surface area contributed by atoms with Crippen molar-refractivity contribution in [3.63, 3.8) is 0 Å². The lowest BCUT2D eigenvalue weighted by atomic mass is 9.91. The van der Waals surface area contributed by atoms with Gasteiger partial charge in [0.2, 0.25) is 0 Å². The molecule has 1 atom stereocenters. The fourth-order valence-corrected chi connectivity index (χ4v) is 4.30. The van der Waals surface area contributed by atoms with Crippen LogP contribution in [0.5, 0.6) is 0 Å². The maximum atomic E-state index is 4.01. The summed E-state index contributed by atoms with van der Waals surface area (Å²) in [7, 11) is 0. The van der Waals surface area contributed by atoms with Gasteiger partial charge in [-0.3, -0.25) is 0 Å². The highest BCUT2D eigenvalue weighted by Crippen LogP contribution is 2.67. The Morgan fingerprint density at radius 2 is 1.53 bits per heavy atom. The van der Waals surface area contributed by atoms with E-state index < -0.39 is 0 Å². The van der Waals surface area contributed by atoms with Crippen LogP contribution in [0, 0.1) is 5.92 Å². The van der Waals surface area contributed by atoms with Gasteiger partial charge in [0, 0.05) is 14.4 Å². The molecule has 0 aliphatic heterocycles. The van der Waals surface area contributed by atoms with Gasteiger partial charge in [-0.05, 0) is 58.9 Å². The Bertz CT molecular complexity index is 664. The van der Waals surface area contributed by atoms with Gasteiger partial charge >= 0.3 is 0 Å². The molecule has 4 rings (SSSR count). The van der Waals surface area contributed by atoms with Gasteiger partial charge in [-0.1, -0.05) is 50.1 Å². The molecule has 0 aromatic heterocycles. The first-order chi connectivity index (χ1) is 9.16. The van der Waals surface area contributed by atoms with E-state index in [4.69, 9.17) is 0 Å². The van der Waals surface area contributed by atoms with Crippen LogP contribution in [0.15, 0.2) is 58.0 Å². The second kappa shape index (κ2) is 3.83. The lowest BCUT2D eigenvalue weighted by Gasteiger charge is -2.13. The summed E-state index contributed by atoms with van der Waals surface area (Å²) >= 11 is 7.22. The van der Waals surface area contributed by atoms with Gasteiger partial charge in [0.1, 0.15) is 0 Å². The van der Waals surface area contributed by atoms with E-state index in [2.05, 4.69) is 80.9 Å². The van der Waals surface area contributed by atoms with Crippen LogP contribution >= 0.6 is 31.9 Å². The van der Waals surface area contributed by atoms with Gasteiger partial charge in [0.25, 0.3) is 0 Å². The molecule has 2 aliphatic carbocycles.